The van der Waals surface area contributed by atoms with Crippen LogP contribution in [0.3, 0.4) is 0 Å². The molecule has 2 aliphatic heterocycles. The van der Waals surface area contributed by atoms with Gasteiger partial charge in [0.1, 0.15) is 5.75 Å². The minimum atomic E-state index is -0.324. The van der Waals surface area contributed by atoms with Crippen LogP contribution in [-0.2, 0) is 9.31 Å². The third-order valence-electron chi connectivity index (χ3n) is 4.42. The predicted molar refractivity (Wildman–Crippen MR) is 80.8 cm³/mol. The zero-order chi connectivity index (χ0) is 14.4. The molecule has 0 atom stereocenters. The first-order chi connectivity index (χ1) is 9.39. The van der Waals surface area contributed by atoms with Crippen molar-refractivity contribution < 1.29 is 14.0 Å². The summed E-state index contributed by atoms with van der Waals surface area (Å²) in [6.07, 6.45) is 1.01. The standard InChI is InChI=1S/C15H22BNO3/c1-14(2)15(3,4)20-16(19-14)11-6-7-13-12(10-11)17-8-5-9-18-13/h6-7,10,17H,5,8-9H2,1-4H3. The number of hydrogen-bond donors (Lipinski definition) is 1. The molecule has 4 nitrogen and oxygen atoms in total. The highest BCUT2D eigenvalue weighted by atomic mass is 16.7. The fraction of sp³-hybridized carbons (Fsp3) is 0.600. The molecule has 20 heavy (non-hydrogen) atoms. The van der Waals surface area contributed by atoms with E-state index < -0.39 is 0 Å². The van der Waals surface area contributed by atoms with Gasteiger partial charge >= 0.3 is 7.12 Å². The van der Waals surface area contributed by atoms with E-state index in [0.29, 0.717) is 0 Å². The fourth-order valence-electron chi connectivity index (χ4n) is 2.41. The molecule has 108 valence electrons. The van der Waals surface area contributed by atoms with Crippen molar-refractivity contribution in [1.29, 1.82) is 0 Å². The minimum absolute atomic E-state index is 0.311. The van der Waals surface area contributed by atoms with E-state index in [1.165, 1.54) is 0 Å². The smallest absolute Gasteiger partial charge is 0.491 e. The Labute approximate surface area is 120 Å². The van der Waals surface area contributed by atoms with Gasteiger partial charge in [0.2, 0.25) is 0 Å². The van der Waals surface area contributed by atoms with Gasteiger partial charge in [-0.05, 0) is 51.7 Å². The molecule has 0 aromatic heterocycles. The lowest BCUT2D eigenvalue weighted by Gasteiger charge is -2.32. The van der Waals surface area contributed by atoms with E-state index in [9.17, 15) is 0 Å². The molecule has 2 heterocycles. The lowest BCUT2D eigenvalue weighted by molar-refractivity contribution is 0.00578. The molecule has 1 fully saturated rings. The van der Waals surface area contributed by atoms with Gasteiger partial charge in [0.05, 0.1) is 23.5 Å². The second-order valence-corrected chi connectivity index (χ2v) is 6.47. The van der Waals surface area contributed by atoms with E-state index in [2.05, 4.69) is 39.1 Å². The van der Waals surface area contributed by atoms with Gasteiger partial charge in [0.15, 0.2) is 0 Å². The van der Waals surface area contributed by atoms with Gasteiger partial charge in [0, 0.05) is 6.54 Å². The van der Waals surface area contributed by atoms with Gasteiger partial charge in [0.25, 0.3) is 0 Å². The number of anilines is 1. The van der Waals surface area contributed by atoms with Crippen LogP contribution in [0.25, 0.3) is 0 Å². The Morgan fingerprint density at radius 1 is 1.10 bits per heavy atom. The number of nitrogens with one attached hydrogen (secondary N) is 1. The summed E-state index contributed by atoms with van der Waals surface area (Å²) in [4.78, 5) is 0. The summed E-state index contributed by atoms with van der Waals surface area (Å²) in [5.41, 5.74) is 1.43. The first-order valence-electron chi connectivity index (χ1n) is 7.25. The Hall–Kier alpha value is -1.20. The zero-order valence-electron chi connectivity index (χ0n) is 12.7. The highest BCUT2D eigenvalue weighted by Crippen LogP contribution is 2.37. The summed E-state index contributed by atoms with van der Waals surface area (Å²) in [6.45, 7) is 9.96. The maximum Gasteiger partial charge on any atom is 0.494 e. The van der Waals surface area contributed by atoms with Crippen LogP contribution in [0.4, 0.5) is 5.69 Å². The maximum absolute atomic E-state index is 6.08. The zero-order valence-corrected chi connectivity index (χ0v) is 12.7. The van der Waals surface area contributed by atoms with Crippen molar-refractivity contribution in [3.8, 4) is 5.75 Å². The van der Waals surface area contributed by atoms with E-state index in [0.717, 1.165) is 36.5 Å². The van der Waals surface area contributed by atoms with Crippen LogP contribution in [0, 0.1) is 0 Å². The summed E-state index contributed by atoms with van der Waals surface area (Å²) in [7, 11) is -0.324. The minimum Gasteiger partial charge on any atom is -0.491 e. The Kier molecular flexibility index (Phi) is 3.22. The van der Waals surface area contributed by atoms with Gasteiger partial charge in [-0.3, -0.25) is 0 Å². The Bertz CT molecular complexity index is 500. The molecule has 0 aliphatic carbocycles. The second-order valence-electron chi connectivity index (χ2n) is 6.47. The summed E-state index contributed by atoms with van der Waals surface area (Å²) < 4.78 is 17.9. The van der Waals surface area contributed by atoms with Gasteiger partial charge in [-0.2, -0.15) is 0 Å². The van der Waals surface area contributed by atoms with Crippen LogP contribution >= 0.6 is 0 Å². The fourth-order valence-corrected chi connectivity index (χ4v) is 2.41. The first-order valence-corrected chi connectivity index (χ1v) is 7.25. The van der Waals surface area contributed by atoms with Crippen molar-refractivity contribution in [3.63, 3.8) is 0 Å². The summed E-state index contributed by atoms with van der Waals surface area (Å²) in [6, 6.07) is 6.09. The highest BCUT2D eigenvalue weighted by Gasteiger charge is 2.51. The van der Waals surface area contributed by atoms with Gasteiger partial charge < -0.3 is 19.4 Å². The number of hydrogen-bond acceptors (Lipinski definition) is 4. The van der Waals surface area contributed by atoms with Crippen molar-refractivity contribution in [2.24, 2.45) is 0 Å². The monoisotopic (exact) mass is 275 g/mol. The van der Waals surface area contributed by atoms with Gasteiger partial charge in [-0.15, -0.1) is 0 Å². The van der Waals surface area contributed by atoms with E-state index in [4.69, 9.17) is 14.0 Å². The Morgan fingerprint density at radius 2 is 1.80 bits per heavy atom. The summed E-state index contributed by atoms with van der Waals surface area (Å²) in [5, 5.41) is 3.39. The highest BCUT2D eigenvalue weighted by molar-refractivity contribution is 6.62. The molecular weight excluding hydrogens is 253 g/mol. The van der Waals surface area contributed by atoms with E-state index in [-0.39, 0.29) is 18.3 Å². The van der Waals surface area contributed by atoms with Crippen molar-refractivity contribution >= 4 is 18.3 Å². The average molecular weight is 275 g/mol. The summed E-state index contributed by atoms with van der Waals surface area (Å²) >= 11 is 0. The molecule has 0 bridgehead atoms. The van der Waals surface area contributed by atoms with E-state index in [1.807, 2.05) is 12.1 Å². The number of ether oxygens (including phenoxy) is 1. The molecule has 1 N–H and O–H groups in total. The van der Waals surface area contributed by atoms with Crippen LogP contribution in [0.1, 0.15) is 34.1 Å². The number of fused-ring (bicyclic) bond motifs is 1. The van der Waals surface area contributed by atoms with Crippen molar-refractivity contribution in [1.82, 2.24) is 0 Å². The number of rotatable bonds is 1. The molecule has 1 saturated heterocycles. The van der Waals surface area contributed by atoms with E-state index >= 15 is 0 Å². The lowest BCUT2D eigenvalue weighted by Crippen LogP contribution is -2.41. The van der Waals surface area contributed by atoms with Crippen molar-refractivity contribution in [2.45, 2.75) is 45.3 Å². The molecule has 0 spiro atoms. The normalized spacial score (nSPS) is 23.5. The molecular formula is C15H22BNO3. The molecule has 1 aromatic rings. The lowest BCUT2D eigenvalue weighted by atomic mass is 9.79. The molecule has 2 aliphatic rings. The Morgan fingerprint density at radius 3 is 2.50 bits per heavy atom. The Balaban J connectivity index is 1.87. The summed E-state index contributed by atoms with van der Waals surface area (Å²) in [5.74, 6) is 0.905. The topological polar surface area (TPSA) is 39.7 Å². The SMILES string of the molecule is CC1(C)OB(c2ccc3c(c2)NCCCO3)OC1(C)C. The molecule has 0 unspecified atom stereocenters. The molecule has 3 rings (SSSR count). The molecule has 1 aromatic carbocycles. The van der Waals surface area contributed by atoms with Gasteiger partial charge in [-0.25, -0.2) is 0 Å². The first kappa shape index (κ1) is 13.8. The van der Waals surface area contributed by atoms with Crippen LogP contribution in [0.5, 0.6) is 5.75 Å². The van der Waals surface area contributed by atoms with Gasteiger partial charge in [-0.1, -0.05) is 6.07 Å². The molecule has 0 radical (unpaired) electrons. The largest absolute Gasteiger partial charge is 0.494 e. The average Bonchev–Trinajstić information content (AvgIpc) is 2.56. The number of benzene rings is 1. The van der Waals surface area contributed by atoms with Crippen molar-refractivity contribution in [3.05, 3.63) is 18.2 Å². The molecule has 0 amide bonds. The van der Waals surface area contributed by atoms with E-state index in [1.54, 1.807) is 0 Å². The van der Waals surface area contributed by atoms with Crippen LogP contribution in [-0.4, -0.2) is 31.5 Å². The van der Waals surface area contributed by atoms with Crippen LogP contribution in [0.2, 0.25) is 0 Å². The second kappa shape index (κ2) is 4.67. The van der Waals surface area contributed by atoms with Crippen molar-refractivity contribution in [2.75, 3.05) is 18.5 Å². The third-order valence-corrected chi connectivity index (χ3v) is 4.42. The van der Waals surface area contributed by atoms with Crippen LogP contribution < -0.4 is 15.5 Å². The maximum atomic E-state index is 6.08. The quantitative estimate of drug-likeness (QED) is 0.797. The molecule has 5 heteroatoms. The third kappa shape index (κ3) is 2.29. The van der Waals surface area contributed by atoms with Crippen LogP contribution in [0.15, 0.2) is 18.2 Å². The molecule has 0 saturated carbocycles. The predicted octanol–water partition coefficient (Wildman–Crippen LogP) is 2.18.